The van der Waals surface area contributed by atoms with E-state index in [1.807, 2.05) is 55.4 Å². The lowest BCUT2D eigenvalue weighted by Crippen LogP contribution is -2.29. The standard InChI is InChI=1S/C22H19NO4/c1-23(2)15-9-7-14(8-10-15)22(19-12-11-16(24)13-20(19)25)18-6-4-3-5-17(18)21(26)27-22/h3-13,24-25H,1-2H3. The lowest BCUT2D eigenvalue weighted by Gasteiger charge is -2.31. The van der Waals surface area contributed by atoms with E-state index in [1.165, 1.54) is 12.1 Å². The molecule has 27 heavy (non-hydrogen) atoms. The highest BCUT2D eigenvalue weighted by Gasteiger charge is 2.49. The number of aromatic hydroxyl groups is 2. The number of phenols is 2. The van der Waals surface area contributed by atoms with E-state index in [1.54, 1.807) is 18.2 Å². The van der Waals surface area contributed by atoms with Gasteiger partial charge in [-0.05, 0) is 30.3 Å². The van der Waals surface area contributed by atoms with Gasteiger partial charge in [-0.15, -0.1) is 0 Å². The summed E-state index contributed by atoms with van der Waals surface area (Å²) in [5, 5.41) is 20.3. The molecule has 0 aromatic heterocycles. The Morgan fingerprint density at radius 2 is 1.59 bits per heavy atom. The first-order valence-corrected chi connectivity index (χ1v) is 8.56. The molecule has 1 aliphatic heterocycles. The van der Waals surface area contributed by atoms with Crippen molar-refractivity contribution in [1.82, 2.24) is 0 Å². The van der Waals surface area contributed by atoms with Crippen molar-refractivity contribution in [1.29, 1.82) is 0 Å². The molecule has 0 aliphatic carbocycles. The van der Waals surface area contributed by atoms with Gasteiger partial charge in [0.25, 0.3) is 0 Å². The third-order valence-electron chi connectivity index (χ3n) is 4.92. The highest BCUT2D eigenvalue weighted by Crippen LogP contribution is 2.50. The number of phenolic OH excluding ortho intramolecular Hbond substituents is 2. The largest absolute Gasteiger partial charge is 0.508 e. The van der Waals surface area contributed by atoms with E-state index in [-0.39, 0.29) is 11.5 Å². The fourth-order valence-corrected chi connectivity index (χ4v) is 3.60. The average Bonchev–Trinajstić information content (AvgIpc) is 2.96. The summed E-state index contributed by atoms with van der Waals surface area (Å²) in [5.41, 5.74) is 1.95. The lowest BCUT2D eigenvalue weighted by molar-refractivity contribution is 0.0245. The maximum absolute atomic E-state index is 12.6. The van der Waals surface area contributed by atoms with Gasteiger partial charge in [0.2, 0.25) is 0 Å². The maximum atomic E-state index is 12.6. The van der Waals surface area contributed by atoms with E-state index in [4.69, 9.17) is 4.74 Å². The molecule has 3 aromatic carbocycles. The monoisotopic (exact) mass is 361 g/mol. The Labute approximate surface area is 157 Å². The molecule has 0 bridgehead atoms. The first-order valence-electron chi connectivity index (χ1n) is 8.56. The average molecular weight is 361 g/mol. The highest BCUT2D eigenvalue weighted by atomic mass is 16.6. The van der Waals surface area contributed by atoms with Crippen LogP contribution < -0.4 is 4.90 Å². The molecule has 2 N–H and O–H groups in total. The van der Waals surface area contributed by atoms with Crippen molar-refractivity contribution in [3.63, 3.8) is 0 Å². The Morgan fingerprint density at radius 3 is 2.26 bits per heavy atom. The second-order valence-electron chi connectivity index (χ2n) is 6.76. The van der Waals surface area contributed by atoms with Crippen LogP contribution in [0.3, 0.4) is 0 Å². The molecule has 0 amide bonds. The van der Waals surface area contributed by atoms with Gasteiger partial charge in [-0.3, -0.25) is 0 Å². The van der Waals surface area contributed by atoms with E-state index in [9.17, 15) is 15.0 Å². The van der Waals surface area contributed by atoms with Crippen molar-refractivity contribution in [3.8, 4) is 11.5 Å². The number of benzene rings is 3. The first kappa shape index (κ1) is 17.0. The molecule has 0 saturated heterocycles. The Hall–Kier alpha value is -3.47. The number of ether oxygens (including phenoxy) is 1. The smallest absolute Gasteiger partial charge is 0.340 e. The van der Waals surface area contributed by atoms with Crippen molar-refractivity contribution in [2.75, 3.05) is 19.0 Å². The maximum Gasteiger partial charge on any atom is 0.340 e. The number of nitrogens with zero attached hydrogens (tertiary/aromatic N) is 1. The van der Waals surface area contributed by atoms with Crippen molar-refractivity contribution in [2.24, 2.45) is 0 Å². The summed E-state index contributed by atoms with van der Waals surface area (Å²) in [6.45, 7) is 0. The molecule has 5 nitrogen and oxygen atoms in total. The van der Waals surface area contributed by atoms with E-state index in [2.05, 4.69) is 0 Å². The summed E-state index contributed by atoms with van der Waals surface area (Å²) in [6, 6.07) is 19.1. The topological polar surface area (TPSA) is 70.0 Å². The Kier molecular flexibility index (Phi) is 3.81. The summed E-state index contributed by atoms with van der Waals surface area (Å²) in [6.07, 6.45) is 0. The molecule has 0 saturated carbocycles. The summed E-state index contributed by atoms with van der Waals surface area (Å²) in [7, 11) is 3.89. The first-order chi connectivity index (χ1) is 12.9. The Balaban J connectivity index is 2.01. The van der Waals surface area contributed by atoms with Crippen molar-refractivity contribution in [2.45, 2.75) is 5.60 Å². The normalized spacial score (nSPS) is 18.1. The summed E-state index contributed by atoms with van der Waals surface area (Å²) in [5.74, 6) is -0.655. The molecular formula is C22H19NO4. The predicted molar refractivity (Wildman–Crippen MR) is 102 cm³/mol. The van der Waals surface area contributed by atoms with Gasteiger partial charge in [0.15, 0.2) is 5.60 Å². The van der Waals surface area contributed by atoms with Gasteiger partial charge in [-0.25, -0.2) is 4.79 Å². The van der Waals surface area contributed by atoms with Gasteiger partial charge in [-0.2, -0.15) is 0 Å². The number of esters is 1. The number of fused-ring (bicyclic) bond motifs is 1. The SMILES string of the molecule is CN(C)c1ccc(C2(c3ccc(O)cc3O)OC(=O)c3ccccc32)cc1. The van der Waals surface area contributed by atoms with Crippen LogP contribution in [-0.2, 0) is 10.3 Å². The molecule has 1 atom stereocenters. The van der Waals surface area contributed by atoms with Gasteiger partial charge < -0.3 is 19.8 Å². The van der Waals surface area contributed by atoms with E-state index < -0.39 is 11.6 Å². The predicted octanol–water partition coefficient (Wildman–Crippen LogP) is 3.63. The van der Waals surface area contributed by atoms with E-state index in [0.29, 0.717) is 22.3 Å². The minimum absolute atomic E-state index is 0.0630. The van der Waals surface area contributed by atoms with Crippen LogP contribution in [0.5, 0.6) is 11.5 Å². The minimum atomic E-state index is -1.28. The molecule has 0 fully saturated rings. The lowest BCUT2D eigenvalue weighted by atomic mass is 9.79. The number of hydrogen-bond acceptors (Lipinski definition) is 5. The number of hydrogen-bond donors (Lipinski definition) is 2. The molecule has 5 heteroatoms. The fraction of sp³-hybridized carbons (Fsp3) is 0.136. The molecule has 1 unspecified atom stereocenters. The van der Waals surface area contributed by atoms with Gasteiger partial charge in [0, 0.05) is 42.5 Å². The summed E-state index contributed by atoms with van der Waals surface area (Å²) < 4.78 is 5.92. The van der Waals surface area contributed by atoms with Crippen LogP contribution in [0.25, 0.3) is 0 Å². The van der Waals surface area contributed by atoms with Gasteiger partial charge in [0.05, 0.1) is 5.56 Å². The fourth-order valence-electron chi connectivity index (χ4n) is 3.60. The summed E-state index contributed by atoms with van der Waals surface area (Å²) >= 11 is 0. The second-order valence-corrected chi connectivity index (χ2v) is 6.76. The Bertz CT molecular complexity index is 1030. The van der Waals surface area contributed by atoms with Gasteiger partial charge >= 0.3 is 5.97 Å². The van der Waals surface area contributed by atoms with Crippen LogP contribution in [0.4, 0.5) is 5.69 Å². The molecule has 3 aromatic rings. The molecule has 0 spiro atoms. The zero-order valence-electron chi connectivity index (χ0n) is 15.0. The highest BCUT2D eigenvalue weighted by molar-refractivity contribution is 5.96. The zero-order chi connectivity index (χ0) is 19.2. The third kappa shape index (κ3) is 2.51. The Morgan fingerprint density at radius 1 is 0.889 bits per heavy atom. The quantitative estimate of drug-likeness (QED) is 0.697. The zero-order valence-corrected chi connectivity index (χ0v) is 15.0. The van der Waals surface area contributed by atoms with Gasteiger partial charge in [-0.1, -0.05) is 30.3 Å². The number of rotatable bonds is 3. The van der Waals surface area contributed by atoms with Crippen molar-refractivity contribution in [3.05, 3.63) is 89.0 Å². The van der Waals surface area contributed by atoms with E-state index in [0.717, 1.165) is 5.69 Å². The molecule has 1 heterocycles. The molecule has 4 rings (SSSR count). The van der Waals surface area contributed by atoms with Crippen molar-refractivity contribution < 1.29 is 19.7 Å². The van der Waals surface area contributed by atoms with Gasteiger partial charge in [0.1, 0.15) is 11.5 Å². The number of carbonyl (C=O) groups excluding carboxylic acids is 1. The van der Waals surface area contributed by atoms with Crippen LogP contribution in [0.15, 0.2) is 66.7 Å². The van der Waals surface area contributed by atoms with Crippen LogP contribution in [0, 0.1) is 0 Å². The number of anilines is 1. The van der Waals surface area contributed by atoms with Crippen LogP contribution >= 0.6 is 0 Å². The minimum Gasteiger partial charge on any atom is -0.508 e. The molecule has 0 radical (unpaired) electrons. The van der Waals surface area contributed by atoms with E-state index >= 15 is 0 Å². The van der Waals surface area contributed by atoms with Crippen LogP contribution in [0.2, 0.25) is 0 Å². The molecule has 1 aliphatic rings. The van der Waals surface area contributed by atoms with Crippen molar-refractivity contribution >= 4 is 11.7 Å². The third-order valence-corrected chi connectivity index (χ3v) is 4.92. The number of carbonyl (C=O) groups is 1. The number of cyclic esters (lactones) is 1. The van der Waals surface area contributed by atoms with Crippen LogP contribution in [-0.4, -0.2) is 30.3 Å². The van der Waals surface area contributed by atoms with Crippen LogP contribution in [0.1, 0.15) is 27.0 Å². The molecule has 136 valence electrons. The second kappa shape index (κ2) is 6.06. The summed E-state index contributed by atoms with van der Waals surface area (Å²) in [4.78, 5) is 14.6. The molecular weight excluding hydrogens is 342 g/mol.